The van der Waals surface area contributed by atoms with Crippen molar-refractivity contribution < 1.29 is 14.3 Å². The van der Waals surface area contributed by atoms with Gasteiger partial charge in [-0.05, 0) is 6.07 Å². The number of hydrogen-bond donors (Lipinski definition) is 0. The number of ketones is 1. The van der Waals surface area contributed by atoms with Gasteiger partial charge in [0.15, 0.2) is 17.3 Å². The lowest BCUT2D eigenvalue weighted by Gasteiger charge is -2.18. The molecule has 0 aliphatic carbocycles. The average Bonchev–Trinajstić information content (AvgIpc) is 2.72. The van der Waals surface area contributed by atoms with Gasteiger partial charge in [0.2, 0.25) is 0 Å². The number of hydrogen-bond acceptors (Lipinski definition) is 4. The molecule has 19 heavy (non-hydrogen) atoms. The maximum atomic E-state index is 12.1. The van der Waals surface area contributed by atoms with E-state index in [1.165, 1.54) is 11.3 Å². The zero-order valence-corrected chi connectivity index (χ0v) is 12.2. The molecular formula is C14H13ClO3S. The fourth-order valence-electron chi connectivity index (χ4n) is 2.02. The molecule has 2 aromatic rings. The van der Waals surface area contributed by atoms with Crippen LogP contribution >= 0.6 is 22.9 Å². The molecule has 0 bridgehead atoms. The molecule has 0 radical (unpaired) electrons. The summed E-state index contributed by atoms with van der Waals surface area (Å²) in [6.45, 7) is 4.84. The predicted molar refractivity (Wildman–Crippen MR) is 77.0 cm³/mol. The molecule has 0 N–H and O–H groups in total. The van der Waals surface area contributed by atoms with Gasteiger partial charge in [-0.15, -0.1) is 11.3 Å². The van der Waals surface area contributed by atoms with Crippen molar-refractivity contribution in [2.24, 2.45) is 5.92 Å². The van der Waals surface area contributed by atoms with Crippen LogP contribution in [0.2, 0.25) is 5.02 Å². The highest BCUT2D eigenvalue weighted by atomic mass is 35.5. The Hall–Kier alpha value is -1.26. The summed E-state index contributed by atoms with van der Waals surface area (Å²) in [5.41, 5.74) is 0. The second-order valence-corrected chi connectivity index (χ2v) is 6.19. The molecule has 0 saturated carbocycles. The molecule has 100 valence electrons. The molecule has 0 amide bonds. The second-order valence-electron chi connectivity index (χ2n) is 4.76. The summed E-state index contributed by atoms with van der Waals surface area (Å²) in [5.74, 6) is 1.43. The van der Waals surface area contributed by atoms with Gasteiger partial charge in [0.1, 0.15) is 13.2 Å². The van der Waals surface area contributed by atoms with Gasteiger partial charge in [-0.2, -0.15) is 0 Å². The standard InChI is InChI=1S/C14H13ClO3S/c1-7(2)13(16)14-12(15)8-5-9-10(6-11(8)19-14)18-4-3-17-9/h5-7H,3-4H2,1-2H3. The zero-order chi connectivity index (χ0) is 13.6. The normalized spacial score (nSPS) is 14.1. The second kappa shape index (κ2) is 4.69. The SMILES string of the molecule is CC(C)C(=O)c1sc2cc3c(cc2c1Cl)OCCO3. The van der Waals surface area contributed by atoms with E-state index in [1.807, 2.05) is 26.0 Å². The van der Waals surface area contributed by atoms with Gasteiger partial charge in [0.05, 0.1) is 9.90 Å². The van der Waals surface area contributed by atoms with Crippen LogP contribution < -0.4 is 9.47 Å². The summed E-state index contributed by atoms with van der Waals surface area (Å²) < 4.78 is 12.0. The topological polar surface area (TPSA) is 35.5 Å². The third kappa shape index (κ3) is 2.09. The molecule has 1 aliphatic heterocycles. The van der Waals surface area contributed by atoms with Crippen molar-refractivity contribution in [1.82, 2.24) is 0 Å². The van der Waals surface area contributed by atoms with E-state index in [1.54, 1.807) is 0 Å². The number of carbonyl (C=O) groups excluding carboxylic acids is 1. The van der Waals surface area contributed by atoms with E-state index in [0.717, 1.165) is 15.8 Å². The number of benzene rings is 1. The summed E-state index contributed by atoms with van der Waals surface area (Å²) in [6.07, 6.45) is 0. The van der Waals surface area contributed by atoms with Crippen LogP contribution in [0.4, 0.5) is 0 Å². The van der Waals surface area contributed by atoms with Crippen molar-refractivity contribution in [3.05, 3.63) is 22.0 Å². The Bertz CT molecular complexity index is 660. The van der Waals surface area contributed by atoms with Gasteiger partial charge < -0.3 is 9.47 Å². The highest BCUT2D eigenvalue weighted by Gasteiger charge is 2.22. The van der Waals surface area contributed by atoms with E-state index in [2.05, 4.69) is 0 Å². The Morgan fingerprint density at radius 1 is 1.26 bits per heavy atom. The van der Waals surface area contributed by atoms with Crippen LogP contribution in [-0.4, -0.2) is 19.0 Å². The fourth-order valence-corrected chi connectivity index (χ4v) is 3.64. The number of thiophene rings is 1. The van der Waals surface area contributed by atoms with E-state index in [0.29, 0.717) is 28.9 Å². The van der Waals surface area contributed by atoms with Crippen LogP contribution in [0.1, 0.15) is 23.5 Å². The quantitative estimate of drug-likeness (QED) is 0.781. The molecule has 1 aromatic heterocycles. The fraction of sp³-hybridized carbons (Fsp3) is 0.357. The van der Waals surface area contributed by atoms with Crippen molar-refractivity contribution in [1.29, 1.82) is 0 Å². The van der Waals surface area contributed by atoms with Crippen LogP contribution in [-0.2, 0) is 0 Å². The first-order valence-corrected chi connectivity index (χ1v) is 7.33. The molecule has 1 aliphatic rings. The van der Waals surface area contributed by atoms with E-state index in [4.69, 9.17) is 21.1 Å². The first-order valence-electron chi connectivity index (χ1n) is 6.14. The van der Waals surface area contributed by atoms with Gasteiger partial charge in [-0.25, -0.2) is 0 Å². The Labute approximate surface area is 120 Å². The molecular weight excluding hydrogens is 284 g/mol. The molecule has 2 heterocycles. The molecule has 0 atom stereocenters. The lowest BCUT2D eigenvalue weighted by atomic mass is 10.1. The molecule has 0 fully saturated rings. The third-order valence-electron chi connectivity index (χ3n) is 3.04. The van der Waals surface area contributed by atoms with E-state index in [-0.39, 0.29) is 11.7 Å². The third-order valence-corrected chi connectivity index (χ3v) is 4.71. The van der Waals surface area contributed by atoms with E-state index >= 15 is 0 Å². The Morgan fingerprint density at radius 2 is 1.89 bits per heavy atom. The maximum absolute atomic E-state index is 12.1. The van der Waals surface area contributed by atoms with Crippen LogP contribution in [0, 0.1) is 5.92 Å². The van der Waals surface area contributed by atoms with Crippen LogP contribution in [0.15, 0.2) is 12.1 Å². The lowest BCUT2D eigenvalue weighted by Crippen LogP contribution is -2.14. The number of carbonyl (C=O) groups is 1. The Kier molecular flexibility index (Phi) is 3.15. The summed E-state index contributed by atoms with van der Waals surface area (Å²) in [6, 6.07) is 3.76. The highest BCUT2D eigenvalue weighted by Crippen LogP contribution is 2.43. The number of halogens is 1. The predicted octanol–water partition coefficient (Wildman–Crippen LogP) is 4.16. The molecule has 3 rings (SSSR count). The van der Waals surface area contributed by atoms with Crippen LogP contribution in [0.3, 0.4) is 0 Å². The van der Waals surface area contributed by atoms with Crippen molar-refractivity contribution in [3.63, 3.8) is 0 Å². The average molecular weight is 297 g/mol. The zero-order valence-electron chi connectivity index (χ0n) is 10.7. The molecule has 1 aromatic carbocycles. The largest absolute Gasteiger partial charge is 0.486 e. The number of Topliss-reactive ketones (excluding diaryl/α,β-unsaturated/α-hetero) is 1. The van der Waals surface area contributed by atoms with Crippen LogP contribution in [0.25, 0.3) is 10.1 Å². The summed E-state index contributed by atoms with van der Waals surface area (Å²) in [5, 5.41) is 1.38. The van der Waals surface area contributed by atoms with Gasteiger partial charge in [-0.3, -0.25) is 4.79 Å². The first-order chi connectivity index (χ1) is 9.08. The van der Waals surface area contributed by atoms with Gasteiger partial charge in [-0.1, -0.05) is 25.4 Å². The summed E-state index contributed by atoms with van der Waals surface area (Å²) in [4.78, 5) is 12.7. The van der Waals surface area contributed by atoms with Crippen molar-refractivity contribution in [2.45, 2.75) is 13.8 Å². The minimum Gasteiger partial charge on any atom is -0.486 e. The van der Waals surface area contributed by atoms with Crippen molar-refractivity contribution in [3.8, 4) is 11.5 Å². The first kappa shape index (κ1) is 12.8. The minimum atomic E-state index is -0.0623. The Balaban J connectivity index is 2.18. The summed E-state index contributed by atoms with van der Waals surface area (Å²) in [7, 11) is 0. The highest BCUT2D eigenvalue weighted by molar-refractivity contribution is 7.21. The lowest BCUT2D eigenvalue weighted by molar-refractivity contribution is 0.0943. The molecule has 3 nitrogen and oxygen atoms in total. The number of rotatable bonds is 2. The van der Waals surface area contributed by atoms with Gasteiger partial charge >= 0.3 is 0 Å². The van der Waals surface area contributed by atoms with Gasteiger partial charge in [0.25, 0.3) is 0 Å². The number of ether oxygens (including phenoxy) is 2. The number of fused-ring (bicyclic) bond motifs is 2. The van der Waals surface area contributed by atoms with Crippen molar-refractivity contribution in [2.75, 3.05) is 13.2 Å². The van der Waals surface area contributed by atoms with Crippen LogP contribution in [0.5, 0.6) is 11.5 Å². The maximum Gasteiger partial charge on any atom is 0.176 e. The molecule has 0 spiro atoms. The van der Waals surface area contributed by atoms with E-state index in [9.17, 15) is 4.79 Å². The van der Waals surface area contributed by atoms with Gasteiger partial charge in [0, 0.05) is 22.1 Å². The molecule has 0 unspecified atom stereocenters. The molecule has 5 heteroatoms. The Morgan fingerprint density at radius 3 is 2.53 bits per heavy atom. The monoisotopic (exact) mass is 296 g/mol. The minimum absolute atomic E-state index is 0.0623. The molecule has 0 saturated heterocycles. The van der Waals surface area contributed by atoms with E-state index < -0.39 is 0 Å². The summed E-state index contributed by atoms with van der Waals surface area (Å²) >= 11 is 7.75. The van der Waals surface area contributed by atoms with Crippen molar-refractivity contribution >= 4 is 38.8 Å². The smallest absolute Gasteiger partial charge is 0.176 e.